The van der Waals surface area contributed by atoms with Crippen molar-refractivity contribution in [2.24, 2.45) is 0 Å². The Hall–Kier alpha value is 0.620. The van der Waals surface area contributed by atoms with Gasteiger partial charge in [-0.15, -0.1) is 0 Å². The van der Waals surface area contributed by atoms with Crippen molar-refractivity contribution in [3.8, 4) is 0 Å². The summed E-state index contributed by atoms with van der Waals surface area (Å²) in [5, 5.41) is 0. The lowest BCUT2D eigenvalue weighted by Crippen LogP contribution is -2.33. The highest BCUT2D eigenvalue weighted by atomic mass is 32.2. The van der Waals surface area contributed by atoms with Crippen molar-refractivity contribution in [1.82, 2.24) is 9.03 Å². The monoisotopic (exact) mass is 290 g/mol. The van der Waals surface area contributed by atoms with Crippen molar-refractivity contribution in [2.45, 2.75) is 64.8 Å². The molecule has 0 radical (unpaired) electrons. The van der Waals surface area contributed by atoms with E-state index >= 15 is 0 Å². The first kappa shape index (κ1) is 16.7. The van der Waals surface area contributed by atoms with E-state index in [-0.39, 0.29) is 0 Å². The highest BCUT2D eigenvalue weighted by Gasteiger charge is 2.13. The first-order chi connectivity index (χ1) is 8.86. The minimum Gasteiger partial charge on any atom is -0.248 e. The number of thioether (sulfide) groups is 1. The molecule has 1 atom stereocenters. The molecule has 0 aromatic heterocycles. The average molecular weight is 291 g/mol. The minimum absolute atomic E-state index is 0.700. The molecule has 1 aliphatic rings. The van der Waals surface area contributed by atoms with Crippen LogP contribution in [0.4, 0.5) is 0 Å². The van der Waals surface area contributed by atoms with Crippen LogP contribution < -0.4 is 4.72 Å². The Balaban J connectivity index is 2.01. The molecule has 0 aliphatic carbocycles. The molecule has 0 amide bonds. The van der Waals surface area contributed by atoms with Gasteiger partial charge >= 0.3 is 0 Å². The van der Waals surface area contributed by atoms with Gasteiger partial charge in [0.2, 0.25) is 0 Å². The standard InChI is InChI=1S/C14H30N2S2/c1-3-5-6-7-8-9-14(4-2)15-18-16-10-12-17-13-11-16/h14-15H,3-13H2,1-2H3. The molecule has 1 N–H and O–H groups in total. The maximum absolute atomic E-state index is 3.66. The second-order valence-electron chi connectivity index (χ2n) is 5.06. The molecule has 108 valence electrons. The summed E-state index contributed by atoms with van der Waals surface area (Å²) in [6.45, 7) is 7.05. The van der Waals surface area contributed by atoms with Crippen LogP contribution in [0.3, 0.4) is 0 Å². The van der Waals surface area contributed by atoms with Crippen molar-refractivity contribution < 1.29 is 0 Å². The van der Waals surface area contributed by atoms with Crippen LogP contribution in [0.1, 0.15) is 58.8 Å². The molecule has 0 saturated carbocycles. The Labute approximate surface area is 122 Å². The number of hydrogen-bond donors (Lipinski definition) is 1. The molecule has 0 bridgehead atoms. The van der Waals surface area contributed by atoms with E-state index in [1.165, 1.54) is 69.5 Å². The maximum atomic E-state index is 3.66. The molecule has 2 nitrogen and oxygen atoms in total. The quantitative estimate of drug-likeness (QED) is 0.476. The van der Waals surface area contributed by atoms with Crippen LogP contribution in [0.2, 0.25) is 0 Å². The predicted octanol–water partition coefficient (Wildman–Crippen LogP) is 4.33. The molecule has 1 rings (SSSR count). The van der Waals surface area contributed by atoms with Crippen LogP contribution >= 0.6 is 23.9 Å². The first-order valence-corrected chi connectivity index (χ1v) is 9.54. The Morgan fingerprint density at radius 3 is 2.50 bits per heavy atom. The molecule has 1 fully saturated rings. The second-order valence-corrected chi connectivity index (χ2v) is 7.22. The van der Waals surface area contributed by atoms with E-state index in [0.717, 1.165) is 0 Å². The molecule has 1 heterocycles. The van der Waals surface area contributed by atoms with Gasteiger partial charge in [0, 0.05) is 42.8 Å². The van der Waals surface area contributed by atoms with Crippen LogP contribution in [0.15, 0.2) is 0 Å². The lowest BCUT2D eigenvalue weighted by Gasteiger charge is -2.27. The third-order valence-electron chi connectivity index (χ3n) is 3.47. The summed E-state index contributed by atoms with van der Waals surface area (Å²) >= 11 is 3.95. The van der Waals surface area contributed by atoms with Gasteiger partial charge in [-0.05, 0) is 12.8 Å². The van der Waals surface area contributed by atoms with Crippen LogP contribution in [0.25, 0.3) is 0 Å². The van der Waals surface area contributed by atoms with Gasteiger partial charge < -0.3 is 0 Å². The molecule has 0 spiro atoms. The van der Waals surface area contributed by atoms with Crippen molar-refractivity contribution >= 4 is 23.9 Å². The highest BCUT2D eigenvalue weighted by Crippen LogP contribution is 2.18. The van der Waals surface area contributed by atoms with E-state index in [1.54, 1.807) is 0 Å². The fourth-order valence-electron chi connectivity index (χ4n) is 2.13. The zero-order valence-corrected chi connectivity index (χ0v) is 13.8. The Morgan fingerprint density at radius 1 is 1.11 bits per heavy atom. The van der Waals surface area contributed by atoms with E-state index in [1.807, 2.05) is 12.1 Å². The Bertz CT molecular complexity index is 185. The van der Waals surface area contributed by atoms with Crippen molar-refractivity contribution in [3.05, 3.63) is 0 Å². The van der Waals surface area contributed by atoms with Crippen LogP contribution in [0.5, 0.6) is 0 Å². The normalized spacial score (nSPS) is 19.0. The molecule has 1 saturated heterocycles. The maximum Gasteiger partial charge on any atom is 0.0193 e. The lowest BCUT2D eigenvalue weighted by atomic mass is 10.1. The molecule has 0 aromatic carbocycles. The molecular weight excluding hydrogens is 260 g/mol. The van der Waals surface area contributed by atoms with Crippen molar-refractivity contribution in [3.63, 3.8) is 0 Å². The van der Waals surface area contributed by atoms with E-state index in [2.05, 4.69) is 34.6 Å². The van der Waals surface area contributed by atoms with E-state index in [0.29, 0.717) is 6.04 Å². The molecule has 0 aromatic rings. The summed E-state index contributed by atoms with van der Waals surface area (Å²) in [4.78, 5) is 0. The largest absolute Gasteiger partial charge is 0.248 e. The van der Waals surface area contributed by atoms with Gasteiger partial charge in [0.1, 0.15) is 0 Å². The Morgan fingerprint density at radius 2 is 1.83 bits per heavy atom. The SMILES string of the molecule is CCCCCCCC(CC)NSN1CCSCC1. The summed E-state index contributed by atoms with van der Waals surface area (Å²) in [7, 11) is 0. The van der Waals surface area contributed by atoms with E-state index in [4.69, 9.17) is 0 Å². The van der Waals surface area contributed by atoms with E-state index < -0.39 is 0 Å². The fourth-order valence-corrected chi connectivity index (χ4v) is 4.21. The van der Waals surface area contributed by atoms with Crippen molar-refractivity contribution in [2.75, 3.05) is 24.6 Å². The number of hydrogen-bond acceptors (Lipinski definition) is 4. The van der Waals surface area contributed by atoms with Crippen molar-refractivity contribution in [1.29, 1.82) is 0 Å². The summed E-state index contributed by atoms with van der Waals surface area (Å²) in [6, 6.07) is 0.700. The third-order valence-corrected chi connectivity index (χ3v) is 5.47. The number of rotatable bonds is 10. The zero-order valence-electron chi connectivity index (χ0n) is 12.1. The summed E-state index contributed by atoms with van der Waals surface area (Å²) in [5.41, 5.74) is 0. The molecule has 1 unspecified atom stereocenters. The molecule has 1 aliphatic heterocycles. The number of unbranched alkanes of at least 4 members (excludes halogenated alkanes) is 4. The highest BCUT2D eigenvalue weighted by molar-refractivity contribution is 7.99. The fraction of sp³-hybridized carbons (Fsp3) is 1.00. The topological polar surface area (TPSA) is 15.3 Å². The summed E-state index contributed by atoms with van der Waals surface area (Å²) < 4.78 is 6.15. The van der Waals surface area contributed by atoms with Gasteiger partial charge in [-0.1, -0.05) is 46.0 Å². The lowest BCUT2D eigenvalue weighted by molar-refractivity contribution is 0.483. The predicted molar refractivity (Wildman–Crippen MR) is 87.1 cm³/mol. The number of nitrogens with zero attached hydrogens (tertiary/aromatic N) is 1. The van der Waals surface area contributed by atoms with Gasteiger partial charge in [-0.3, -0.25) is 0 Å². The minimum atomic E-state index is 0.700. The molecule has 4 heteroatoms. The average Bonchev–Trinajstić information content (AvgIpc) is 2.43. The molecule has 18 heavy (non-hydrogen) atoms. The smallest absolute Gasteiger partial charge is 0.0193 e. The zero-order chi connectivity index (χ0) is 13.1. The first-order valence-electron chi connectivity index (χ1n) is 7.62. The molecular formula is C14H30N2S2. The third kappa shape index (κ3) is 7.93. The summed E-state index contributed by atoms with van der Waals surface area (Å²) in [5.74, 6) is 2.59. The second kappa shape index (κ2) is 11.4. The van der Waals surface area contributed by atoms with Crippen LogP contribution in [-0.2, 0) is 0 Å². The van der Waals surface area contributed by atoms with Gasteiger partial charge in [0.25, 0.3) is 0 Å². The Kier molecular flexibility index (Phi) is 10.6. The van der Waals surface area contributed by atoms with Gasteiger partial charge in [0.05, 0.1) is 0 Å². The van der Waals surface area contributed by atoms with Gasteiger partial charge in [0.15, 0.2) is 0 Å². The number of nitrogens with one attached hydrogen (secondary N) is 1. The van der Waals surface area contributed by atoms with Gasteiger partial charge in [-0.2, -0.15) is 11.8 Å². The summed E-state index contributed by atoms with van der Waals surface area (Å²) in [6.07, 6.45) is 9.57. The van der Waals surface area contributed by atoms with Crippen LogP contribution in [-0.4, -0.2) is 34.9 Å². The van der Waals surface area contributed by atoms with Gasteiger partial charge in [-0.25, -0.2) is 9.03 Å². The van der Waals surface area contributed by atoms with E-state index in [9.17, 15) is 0 Å². The van der Waals surface area contributed by atoms with Crippen LogP contribution in [0, 0.1) is 0 Å².